The fraction of sp³-hybridized carbons (Fsp3) is 0.647. The third kappa shape index (κ3) is 3.96. The minimum atomic E-state index is 0.0273. The Labute approximate surface area is 127 Å². The lowest BCUT2D eigenvalue weighted by Crippen LogP contribution is -2.41. The maximum atomic E-state index is 12.6. The van der Waals surface area contributed by atoms with E-state index in [2.05, 4.69) is 24.1 Å². The second-order valence-corrected chi connectivity index (χ2v) is 6.77. The van der Waals surface area contributed by atoms with E-state index in [0.29, 0.717) is 17.2 Å². The van der Waals surface area contributed by atoms with Gasteiger partial charge in [0.15, 0.2) is 0 Å². The van der Waals surface area contributed by atoms with Crippen LogP contribution in [0.5, 0.6) is 0 Å². The molecule has 1 fully saturated rings. The van der Waals surface area contributed by atoms with Crippen LogP contribution in [0.2, 0.25) is 0 Å². The van der Waals surface area contributed by atoms with E-state index in [9.17, 15) is 4.79 Å². The van der Waals surface area contributed by atoms with Crippen molar-refractivity contribution in [2.24, 2.45) is 5.41 Å². The van der Waals surface area contributed by atoms with Crippen LogP contribution in [0.25, 0.3) is 0 Å². The largest absolute Gasteiger partial charge is 0.385 e. The molecule has 1 aromatic heterocycles. The van der Waals surface area contributed by atoms with Gasteiger partial charge in [0.2, 0.25) is 0 Å². The van der Waals surface area contributed by atoms with E-state index in [1.165, 1.54) is 12.8 Å². The van der Waals surface area contributed by atoms with Crippen LogP contribution in [0.15, 0.2) is 18.3 Å². The third-order valence-electron chi connectivity index (χ3n) is 4.54. The van der Waals surface area contributed by atoms with E-state index >= 15 is 0 Å². The van der Waals surface area contributed by atoms with Gasteiger partial charge in [-0.15, -0.1) is 0 Å². The van der Waals surface area contributed by atoms with Crippen LogP contribution < -0.4 is 5.32 Å². The second kappa shape index (κ2) is 6.46. The van der Waals surface area contributed by atoms with Gasteiger partial charge in [0.1, 0.15) is 5.69 Å². The lowest BCUT2D eigenvalue weighted by Gasteiger charge is -2.38. The summed E-state index contributed by atoms with van der Waals surface area (Å²) in [5.41, 5.74) is 1.90. The summed E-state index contributed by atoms with van der Waals surface area (Å²) in [4.78, 5) is 18.7. The molecule has 0 aliphatic heterocycles. The van der Waals surface area contributed by atoms with E-state index < -0.39 is 0 Å². The van der Waals surface area contributed by atoms with Crippen LogP contribution in [-0.4, -0.2) is 35.4 Å². The molecule has 21 heavy (non-hydrogen) atoms. The molecule has 0 aromatic carbocycles. The van der Waals surface area contributed by atoms with Gasteiger partial charge >= 0.3 is 0 Å². The first-order valence-corrected chi connectivity index (χ1v) is 7.90. The highest BCUT2D eigenvalue weighted by molar-refractivity contribution is 5.93. The molecule has 4 heteroatoms. The number of aromatic nitrogens is 1. The van der Waals surface area contributed by atoms with Crippen LogP contribution >= 0.6 is 0 Å². The zero-order chi connectivity index (χ0) is 15.5. The van der Waals surface area contributed by atoms with Crippen LogP contribution in [0.1, 0.15) is 56.9 Å². The quantitative estimate of drug-likeness (QED) is 0.922. The van der Waals surface area contributed by atoms with Gasteiger partial charge in [-0.3, -0.25) is 9.78 Å². The monoisotopic (exact) mass is 289 g/mol. The lowest BCUT2D eigenvalue weighted by molar-refractivity contribution is 0.0629. The maximum Gasteiger partial charge on any atom is 0.272 e. The van der Waals surface area contributed by atoms with Gasteiger partial charge < -0.3 is 10.2 Å². The highest BCUT2D eigenvalue weighted by Gasteiger charge is 2.31. The van der Waals surface area contributed by atoms with Gasteiger partial charge in [-0.1, -0.05) is 13.8 Å². The Morgan fingerprint density at radius 2 is 2.10 bits per heavy atom. The van der Waals surface area contributed by atoms with Crippen LogP contribution in [0.3, 0.4) is 0 Å². The average molecular weight is 289 g/mol. The molecule has 1 amide bonds. The number of hydrogen-bond acceptors (Lipinski definition) is 3. The average Bonchev–Trinajstić information content (AvgIpc) is 2.46. The summed E-state index contributed by atoms with van der Waals surface area (Å²) in [6.07, 6.45) is 6.23. The van der Waals surface area contributed by atoms with E-state index in [-0.39, 0.29) is 5.91 Å². The fourth-order valence-electron chi connectivity index (χ4n) is 2.98. The molecule has 0 unspecified atom stereocenters. The predicted octanol–water partition coefficient (Wildman–Crippen LogP) is 3.55. The number of carbonyl (C=O) groups is 1. The molecule has 0 saturated heterocycles. The van der Waals surface area contributed by atoms with Crippen molar-refractivity contribution in [3.63, 3.8) is 0 Å². The van der Waals surface area contributed by atoms with Crippen LogP contribution in [0, 0.1) is 5.41 Å². The molecule has 1 saturated carbocycles. The molecule has 116 valence electrons. The highest BCUT2D eigenvalue weighted by atomic mass is 16.2. The normalized spacial score (nSPS) is 18.3. The standard InChI is InChI=1S/C17H27N3O/c1-5-18-13-8-11-19-15(12-13)16(21)20(4)14-6-9-17(2,3)10-7-14/h8,11-12,14H,5-7,9-10H2,1-4H3,(H,18,19). The summed E-state index contributed by atoms with van der Waals surface area (Å²) in [5, 5.41) is 3.22. The molecule has 0 atom stereocenters. The fourth-order valence-corrected chi connectivity index (χ4v) is 2.98. The van der Waals surface area contributed by atoms with Gasteiger partial charge in [-0.2, -0.15) is 0 Å². The first-order chi connectivity index (χ1) is 9.93. The predicted molar refractivity (Wildman–Crippen MR) is 86.5 cm³/mol. The van der Waals surface area contributed by atoms with Crippen molar-refractivity contribution in [3.05, 3.63) is 24.0 Å². The summed E-state index contributed by atoms with van der Waals surface area (Å²) in [7, 11) is 1.91. The number of hydrogen-bond donors (Lipinski definition) is 1. The SMILES string of the molecule is CCNc1ccnc(C(=O)N(C)C2CCC(C)(C)CC2)c1. The smallest absolute Gasteiger partial charge is 0.272 e. The summed E-state index contributed by atoms with van der Waals surface area (Å²) < 4.78 is 0. The maximum absolute atomic E-state index is 12.6. The van der Waals surface area contributed by atoms with Crippen molar-refractivity contribution >= 4 is 11.6 Å². The Morgan fingerprint density at radius 1 is 1.43 bits per heavy atom. The molecule has 1 N–H and O–H groups in total. The Morgan fingerprint density at radius 3 is 2.71 bits per heavy atom. The number of nitrogens with zero attached hydrogens (tertiary/aromatic N) is 2. The number of carbonyl (C=O) groups excluding carboxylic acids is 1. The second-order valence-electron chi connectivity index (χ2n) is 6.77. The Kier molecular flexibility index (Phi) is 4.86. The van der Waals surface area contributed by atoms with E-state index in [0.717, 1.165) is 25.1 Å². The zero-order valence-electron chi connectivity index (χ0n) is 13.6. The van der Waals surface area contributed by atoms with Gasteiger partial charge in [0.05, 0.1) is 0 Å². The van der Waals surface area contributed by atoms with Gasteiger partial charge in [0, 0.05) is 31.5 Å². The van der Waals surface area contributed by atoms with Gasteiger partial charge in [-0.05, 0) is 50.2 Å². The van der Waals surface area contributed by atoms with Crippen LogP contribution in [-0.2, 0) is 0 Å². The van der Waals surface area contributed by atoms with E-state index in [1.807, 2.05) is 31.0 Å². The van der Waals surface area contributed by atoms with Crippen molar-refractivity contribution in [1.29, 1.82) is 0 Å². The van der Waals surface area contributed by atoms with Gasteiger partial charge in [-0.25, -0.2) is 0 Å². The lowest BCUT2D eigenvalue weighted by atomic mass is 9.75. The van der Waals surface area contributed by atoms with Crippen molar-refractivity contribution in [3.8, 4) is 0 Å². The molecule has 1 heterocycles. The number of amides is 1. The highest BCUT2D eigenvalue weighted by Crippen LogP contribution is 2.36. The van der Waals surface area contributed by atoms with Crippen molar-refractivity contribution < 1.29 is 4.79 Å². The molecule has 2 rings (SSSR count). The first-order valence-electron chi connectivity index (χ1n) is 7.90. The molecular weight excluding hydrogens is 262 g/mol. The van der Waals surface area contributed by atoms with E-state index in [1.54, 1.807) is 6.20 Å². The molecular formula is C17H27N3O. The minimum Gasteiger partial charge on any atom is -0.385 e. The van der Waals surface area contributed by atoms with Crippen LogP contribution in [0.4, 0.5) is 5.69 Å². The molecule has 0 spiro atoms. The zero-order valence-corrected chi connectivity index (χ0v) is 13.6. The number of anilines is 1. The Balaban J connectivity index is 2.04. The van der Waals surface area contributed by atoms with Crippen molar-refractivity contribution in [2.75, 3.05) is 18.9 Å². The van der Waals surface area contributed by atoms with Crippen molar-refractivity contribution in [1.82, 2.24) is 9.88 Å². The number of rotatable bonds is 4. The molecule has 0 radical (unpaired) electrons. The first kappa shape index (κ1) is 15.8. The van der Waals surface area contributed by atoms with E-state index in [4.69, 9.17) is 0 Å². The third-order valence-corrected chi connectivity index (χ3v) is 4.54. The summed E-state index contributed by atoms with van der Waals surface area (Å²) in [6.45, 7) is 7.50. The van der Waals surface area contributed by atoms with Crippen molar-refractivity contribution in [2.45, 2.75) is 52.5 Å². The molecule has 1 aromatic rings. The minimum absolute atomic E-state index is 0.0273. The molecule has 4 nitrogen and oxygen atoms in total. The summed E-state index contributed by atoms with van der Waals surface area (Å²) in [6, 6.07) is 4.08. The Hall–Kier alpha value is -1.58. The number of pyridine rings is 1. The number of nitrogens with one attached hydrogen (secondary N) is 1. The van der Waals surface area contributed by atoms with Gasteiger partial charge in [0.25, 0.3) is 5.91 Å². The topological polar surface area (TPSA) is 45.2 Å². The molecule has 0 bridgehead atoms. The molecule has 1 aliphatic carbocycles. The molecule has 1 aliphatic rings. The Bertz CT molecular complexity index is 489. The summed E-state index contributed by atoms with van der Waals surface area (Å²) in [5.74, 6) is 0.0273. The summed E-state index contributed by atoms with van der Waals surface area (Å²) >= 11 is 0.